The minimum absolute atomic E-state index is 0.209. The van der Waals surface area contributed by atoms with E-state index in [4.69, 9.17) is 34.8 Å². The van der Waals surface area contributed by atoms with Crippen molar-refractivity contribution >= 4 is 51.9 Å². The number of hydrogen-bond donors (Lipinski definition) is 0. The Morgan fingerprint density at radius 2 is 1.75 bits per heavy atom. The van der Waals surface area contributed by atoms with Crippen molar-refractivity contribution in [1.29, 1.82) is 0 Å². The molecule has 0 aliphatic rings. The van der Waals surface area contributed by atoms with Crippen molar-refractivity contribution in [3.05, 3.63) is 55.2 Å². The smallest absolute Gasteiger partial charge is 0.196 e. The van der Waals surface area contributed by atoms with Crippen molar-refractivity contribution in [2.45, 2.75) is 0 Å². The van der Waals surface area contributed by atoms with Crippen LogP contribution in [0.5, 0.6) is 0 Å². The molecule has 1 aromatic heterocycles. The molecule has 1 heterocycles. The van der Waals surface area contributed by atoms with E-state index in [1.807, 2.05) is 0 Å². The molecule has 0 aliphatic heterocycles. The van der Waals surface area contributed by atoms with E-state index in [9.17, 15) is 4.79 Å². The standard InChI is InChI=1S/C11H5Cl3OS/c12-8-4-2-1-3-6(8)10(15)7-5-9(13)16-11(7)14/h1-5H. The van der Waals surface area contributed by atoms with Crippen molar-refractivity contribution in [2.24, 2.45) is 0 Å². The lowest BCUT2D eigenvalue weighted by Crippen LogP contribution is -2.00. The van der Waals surface area contributed by atoms with Crippen molar-refractivity contribution < 1.29 is 4.79 Å². The predicted molar refractivity (Wildman–Crippen MR) is 69.2 cm³/mol. The molecular formula is C11H5Cl3OS. The Morgan fingerprint density at radius 3 is 2.31 bits per heavy atom. The van der Waals surface area contributed by atoms with Gasteiger partial charge in [-0.1, -0.05) is 46.9 Å². The lowest BCUT2D eigenvalue weighted by molar-refractivity contribution is 0.103. The molecule has 1 nitrogen and oxygen atoms in total. The molecule has 0 unspecified atom stereocenters. The highest BCUT2D eigenvalue weighted by Gasteiger charge is 2.17. The van der Waals surface area contributed by atoms with Gasteiger partial charge >= 0.3 is 0 Å². The van der Waals surface area contributed by atoms with Gasteiger partial charge in [-0.2, -0.15) is 0 Å². The van der Waals surface area contributed by atoms with Crippen LogP contribution in [-0.4, -0.2) is 5.78 Å². The molecule has 2 rings (SSSR count). The molecule has 16 heavy (non-hydrogen) atoms. The van der Waals surface area contributed by atoms with Crippen LogP contribution < -0.4 is 0 Å². The molecule has 0 aliphatic carbocycles. The highest BCUT2D eigenvalue weighted by molar-refractivity contribution is 7.20. The average Bonchev–Trinajstić information content (AvgIpc) is 2.58. The molecule has 2 aromatic rings. The normalized spacial score (nSPS) is 10.4. The molecule has 0 bridgehead atoms. The quantitative estimate of drug-likeness (QED) is 0.716. The number of rotatable bonds is 2. The molecule has 82 valence electrons. The number of thiophene rings is 1. The summed E-state index contributed by atoms with van der Waals surface area (Å²) in [5.41, 5.74) is 0.824. The highest BCUT2D eigenvalue weighted by Crippen LogP contribution is 2.33. The Hall–Kier alpha value is -0.540. The maximum absolute atomic E-state index is 12.1. The summed E-state index contributed by atoms with van der Waals surface area (Å²) < 4.78 is 0.871. The second kappa shape index (κ2) is 4.76. The third kappa shape index (κ3) is 2.25. The summed E-state index contributed by atoms with van der Waals surface area (Å²) in [6.07, 6.45) is 0. The minimum atomic E-state index is -0.209. The monoisotopic (exact) mass is 290 g/mol. The Labute approximate surface area is 112 Å². The van der Waals surface area contributed by atoms with E-state index in [0.717, 1.165) is 0 Å². The summed E-state index contributed by atoms with van der Waals surface area (Å²) in [4.78, 5) is 12.1. The van der Waals surface area contributed by atoms with Crippen LogP contribution in [0, 0.1) is 0 Å². The summed E-state index contributed by atoms with van der Waals surface area (Å²) in [5, 5.41) is 0.408. The van der Waals surface area contributed by atoms with Crippen LogP contribution in [0.25, 0.3) is 0 Å². The molecule has 0 saturated heterocycles. The van der Waals surface area contributed by atoms with Gasteiger partial charge in [0, 0.05) is 5.56 Å². The average molecular weight is 292 g/mol. The van der Waals surface area contributed by atoms with Gasteiger partial charge in [0.1, 0.15) is 4.34 Å². The van der Waals surface area contributed by atoms with Gasteiger partial charge in [0.15, 0.2) is 5.78 Å². The summed E-state index contributed by atoms with van der Waals surface area (Å²) in [6.45, 7) is 0. The molecule has 0 spiro atoms. The van der Waals surface area contributed by atoms with Gasteiger partial charge in [-0.15, -0.1) is 11.3 Å². The Balaban J connectivity index is 2.47. The predicted octanol–water partition coefficient (Wildman–Crippen LogP) is 4.94. The SMILES string of the molecule is O=C(c1ccccc1Cl)c1cc(Cl)sc1Cl. The fourth-order valence-electron chi connectivity index (χ4n) is 1.29. The van der Waals surface area contributed by atoms with Crippen molar-refractivity contribution in [1.82, 2.24) is 0 Å². The Morgan fingerprint density at radius 1 is 1.06 bits per heavy atom. The van der Waals surface area contributed by atoms with Gasteiger partial charge in [0.05, 0.1) is 14.9 Å². The lowest BCUT2D eigenvalue weighted by Gasteiger charge is -2.01. The number of carbonyl (C=O) groups excluding carboxylic acids is 1. The van der Waals surface area contributed by atoms with E-state index in [0.29, 0.717) is 24.8 Å². The number of halogens is 3. The van der Waals surface area contributed by atoms with E-state index >= 15 is 0 Å². The van der Waals surface area contributed by atoms with E-state index in [1.165, 1.54) is 11.3 Å². The molecule has 0 saturated carbocycles. The first-order chi connectivity index (χ1) is 7.59. The first-order valence-corrected chi connectivity index (χ1v) is 6.28. The highest BCUT2D eigenvalue weighted by atomic mass is 35.5. The van der Waals surface area contributed by atoms with Crippen molar-refractivity contribution in [3.63, 3.8) is 0 Å². The van der Waals surface area contributed by atoms with Gasteiger partial charge in [-0.25, -0.2) is 0 Å². The van der Waals surface area contributed by atoms with Crippen LogP contribution in [0.3, 0.4) is 0 Å². The summed E-state index contributed by atoms with van der Waals surface area (Å²) in [6, 6.07) is 8.39. The number of hydrogen-bond acceptors (Lipinski definition) is 2. The zero-order valence-corrected chi connectivity index (χ0v) is 10.9. The fourth-order valence-corrected chi connectivity index (χ4v) is 2.97. The van der Waals surface area contributed by atoms with E-state index in [1.54, 1.807) is 30.3 Å². The lowest BCUT2D eigenvalue weighted by atomic mass is 10.1. The van der Waals surface area contributed by atoms with Crippen LogP contribution in [0.15, 0.2) is 30.3 Å². The van der Waals surface area contributed by atoms with Gasteiger partial charge in [-0.05, 0) is 18.2 Å². The van der Waals surface area contributed by atoms with Gasteiger partial charge in [0.25, 0.3) is 0 Å². The molecule has 0 atom stereocenters. The van der Waals surface area contributed by atoms with Crippen molar-refractivity contribution in [3.8, 4) is 0 Å². The van der Waals surface area contributed by atoms with Crippen LogP contribution in [-0.2, 0) is 0 Å². The summed E-state index contributed by atoms with van der Waals surface area (Å²) in [5.74, 6) is -0.209. The Bertz CT molecular complexity index is 548. The molecule has 1 aromatic carbocycles. The van der Waals surface area contributed by atoms with Gasteiger partial charge in [0.2, 0.25) is 0 Å². The van der Waals surface area contributed by atoms with E-state index < -0.39 is 0 Å². The van der Waals surface area contributed by atoms with E-state index in [2.05, 4.69) is 0 Å². The molecular weight excluding hydrogens is 287 g/mol. The molecule has 0 fully saturated rings. The fraction of sp³-hybridized carbons (Fsp3) is 0. The second-order valence-electron chi connectivity index (χ2n) is 3.05. The maximum Gasteiger partial charge on any atom is 0.196 e. The largest absolute Gasteiger partial charge is 0.288 e. The number of carbonyl (C=O) groups is 1. The van der Waals surface area contributed by atoms with Gasteiger partial charge in [-0.3, -0.25) is 4.79 Å². The molecule has 0 radical (unpaired) electrons. The number of ketones is 1. The maximum atomic E-state index is 12.1. The van der Waals surface area contributed by atoms with Crippen LogP contribution in [0.4, 0.5) is 0 Å². The zero-order chi connectivity index (χ0) is 11.7. The topological polar surface area (TPSA) is 17.1 Å². The summed E-state index contributed by atoms with van der Waals surface area (Å²) >= 11 is 18.8. The Kier molecular flexibility index (Phi) is 3.55. The molecule has 5 heteroatoms. The summed E-state index contributed by atoms with van der Waals surface area (Å²) in [7, 11) is 0. The number of benzene rings is 1. The molecule has 0 N–H and O–H groups in total. The van der Waals surface area contributed by atoms with E-state index in [-0.39, 0.29) is 5.78 Å². The van der Waals surface area contributed by atoms with Crippen molar-refractivity contribution in [2.75, 3.05) is 0 Å². The van der Waals surface area contributed by atoms with Gasteiger partial charge < -0.3 is 0 Å². The third-order valence-electron chi connectivity index (χ3n) is 2.02. The first kappa shape index (κ1) is 11.9. The molecule has 0 amide bonds. The van der Waals surface area contributed by atoms with Crippen LogP contribution >= 0.6 is 46.1 Å². The third-order valence-corrected chi connectivity index (χ3v) is 3.84. The zero-order valence-electron chi connectivity index (χ0n) is 7.84. The second-order valence-corrected chi connectivity index (χ2v) is 5.74. The first-order valence-electron chi connectivity index (χ1n) is 4.33. The van der Waals surface area contributed by atoms with Crippen LogP contribution in [0.1, 0.15) is 15.9 Å². The van der Waals surface area contributed by atoms with Crippen LogP contribution in [0.2, 0.25) is 13.7 Å². The minimum Gasteiger partial charge on any atom is -0.288 e.